The number of carbonyl (C=O) groups is 3. The third kappa shape index (κ3) is 5.97. The van der Waals surface area contributed by atoms with Crippen LogP contribution in [0.5, 0.6) is 5.75 Å². The highest BCUT2D eigenvalue weighted by atomic mass is 16.5. The zero-order chi connectivity index (χ0) is 21.5. The molecule has 2 aliphatic rings. The molecule has 1 saturated heterocycles. The van der Waals surface area contributed by atoms with Crippen molar-refractivity contribution < 1.29 is 23.9 Å². The van der Waals surface area contributed by atoms with Gasteiger partial charge in [0.05, 0.1) is 13.0 Å². The second-order valence-corrected chi connectivity index (χ2v) is 8.49. The van der Waals surface area contributed by atoms with Crippen LogP contribution in [0.4, 0.5) is 0 Å². The van der Waals surface area contributed by atoms with E-state index in [-0.39, 0.29) is 24.3 Å². The van der Waals surface area contributed by atoms with Crippen molar-refractivity contribution in [2.75, 3.05) is 19.7 Å². The molecule has 2 amide bonds. The number of hydrogen-bond acceptors (Lipinski definition) is 5. The van der Waals surface area contributed by atoms with Gasteiger partial charge in [0.25, 0.3) is 5.91 Å². The van der Waals surface area contributed by atoms with E-state index in [4.69, 9.17) is 9.47 Å². The number of esters is 1. The highest BCUT2D eigenvalue weighted by Crippen LogP contribution is 2.22. The van der Waals surface area contributed by atoms with E-state index < -0.39 is 12.0 Å². The molecule has 1 N–H and O–H groups in total. The molecule has 1 unspecified atom stereocenters. The van der Waals surface area contributed by atoms with Gasteiger partial charge in [-0.2, -0.15) is 0 Å². The predicted octanol–water partition coefficient (Wildman–Crippen LogP) is 2.93. The summed E-state index contributed by atoms with van der Waals surface area (Å²) in [5.41, 5.74) is 0.465. The van der Waals surface area contributed by atoms with Gasteiger partial charge < -0.3 is 19.7 Å². The first kappa shape index (κ1) is 22.1. The molecule has 0 spiro atoms. The Labute approximate surface area is 178 Å². The van der Waals surface area contributed by atoms with Crippen molar-refractivity contribution in [2.45, 2.75) is 64.5 Å². The summed E-state index contributed by atoms with van der Waals surface area (Å²) in [7, 11) is 0. The summed E-state index contributed by atoms with van der Waals surface area (Å²) in [5.74, 6) is 0.110. The van der Waals surface area contributed by atoms with E-state index in [1.165, 1.54) is 11.3 Å². The van der Waals surface area contributed by atoms with Crippen LogP contribution in [-0.4, -0.2) is 54.5 Å². The Bertz CT molecular complexity index is 740. The first-order valence-corrected chi connectivity index (χ1v) is 10.9. The number of piperazine rings is 1. The fourth-order valence-electron chi connectivity index (χ4n) is 3.86. The third-order valence-electron chi connectivity index (χ3n) is 5.49. The third-order valence-corrected chi connectivity index (χ3v) is 5.49. The Morgan fingerprint density at radius 3 is 2.50 bits per heavy atom. The molecule has 7 heteroatoms. The number of rotatable bonds is 7. The number of ether oxygens (including phenoxy) is 2. The molecule has 1 aromatic rings. The molecule has 0 radical (unpaired) electrons. The van der Waals surface area contributed by atoms with Gasteiger partial charge in [-0.3, -0.25) is 14.4 Å². The summed E-state index contributed by atoms with van der Waals surface area (Å²) < 4.78 is 11.2. The summed E-state index contributed by atoms with van der Waals surface area (Å²) in [6.07, 6.45) is 4.84. The van der Waals surface area contributed by atoms with E-state index >= 15 is 0 Å². The average Bonchev–Trinajstić information content (AvgIpc) is 2.74. The molecule has 0 aromatic heterocycles. The molecule has 1 aliphatic carbocycles. The van der Waals surface area contributed by atoms with Crippen molar-refractivity contribution >= 4 is 17.8 Å². The van der Waals surface area contributed by atoms with Crippen molar-refractivity contribution in [3.63, 3.8) is 0 Å². The summed E-state index contributed by atoms with van der Waals surface area (Å²) in [6.45, 7) is 5.47. The number of carbonyl (C=O) groups excluding carboxylic acids is 3. The minimum absolute atomic E-state index is 0.0690. The topological polar surface area (TPSA) is 84.9 Å². The Morgan fingerprint density at radius 2 is 1.83 bits per heavy atom. The SMILES string of the molecule is CC(C)COc1ccc(C(=O)N2CCNC(=O)C2CC(=O)OC2CCCCC2)cc1. The predicted molar refractivity (Wildman–Crippen MR) is 112 cm³/mol. The molecule has 30 heavy (non-hydrogen) atoms. The molecule has 3 rings (SSSR count). The Morgan fingerprint density at radius 1 is 1.13 bits per heavy atom. The van der Waals surface area contributed by atoms with Crippen LogP contribution >= 0.6 is 0 Å². The van der Waals surface area contributed by atoms with Gasteiger partial charge in [-0.1, -0.05) is 20.3 Å². The van der Waals surface area contributed by atoms with Crippen LogP contribution in [0.15, 0.2) is 24.3 Å². The minimum Gasteiger partial charge on any atom is -0.493 e. The molecule has 7 nitrogen and oxygen atoms in total. The van der Waals surface area contributed by atoms with Crippen LogP contribution in [0.1, 0.15) is 62.7 Å². The van der Waals surface area contributed by atoms with Crippen molar-refractivity contribution in [3.8, 4) is 5.75 Å². The second kappa shape index (κ2) is 10.5. The zero-order valence-corrected chi connectivity index (χ0v) is 17.9. The van der Waals surface area contributed by atoms with Gasteiger partial charge in [0.1, 0.15) is 17.9 Å². The van der Waals surface area contributed by atoms with Crippen molar-refractivity contribution in [1.29, 1.82) is 0 Å². The monoisotopic (exact) mass is 416 g/mol. The Kier molecular flexibility index (Phi) is 7.71. The van der Waals surface area contributed by atoms with Gasteiger partial charge in [-0.05, 0) is 55.9 Å². The largest absolute Gasteiger partial charge is 0.493 e. The maximum atomic E-state index is 13.1. The van der Waals surface area contributed by atoms with Gasteiger partial charge in [0, 0.05) is 18.7 Å². The first-order chi connectivity index (χ1) is 14.4. The average molecular weight is 417 g/mol. The molecule has 1 heterocycles. The van der Waals surface area contributed by atoms with E-state index in [2.05, 4.69) is 19.2 Å². The second-order valence-electron chi connectivity index (χ2n) is 8.49. The normalized spacial score (nSPS) is 20.0. The number of nitrogens with zero attached hydrogens (tertiary/aromatic N) is 1. The smallest absolute Gasteiger partial charge is 0.308 e. The van der Waals surface area contributed by atoms with Crippen molar-refractivity contribution in [1.82, 2.24) is 10.2 Å². The molecular formula is C23H32N2O5. The number of nitrogens with one attached hydrogen (secondary N) is 1. The molecule has 2 fully saturated rings. The first-order valence-electron chi connectivity index (χ1n) is 10.9. The molecule has 164 valence electrons. The summed E-state index contributed by atoms with van der Waals surface area (Å²) in [4.78, 5) is 39.4. The lowest BCUT2D eigenvalue weighted by Crippen LogP contribution is -2.58. The zero-order valence-electron chi connectivity index (χ0n) is 17.9. The van der Waals surface area contributed by atoms with Crippen LogP contribution in [0.3, 0.4) is 0 Å². The Balaban J connectivity index is 1.63. The van der Waals surface area contributed by atoms with E-state index in [0.717, 1.165) is 25.7 Å². The summed E-state index contributed by atoms with van der Waals surface area (Å²) >= 11 is 0. The van der Waals surface area contributed by atoms with Crippen LogP contribution < -0.4 is 10.1 Å². The van der Waals surface area contributed by atoms with Crippen molar-refractivity contribution in [3.05, 3.63) is 29.8 Å². The summed E-state index contributed by atoms with van der Waals surface area (Å²) in [5, 5.41) is 2.75. The van der Waals surface area contributed by atoms with Gasteiger partial charge in [0.15, 0.2) is 0 Å². The van der Waals surface area contributed by atoms with Crippen LogP contribution in [0.25, 0.3) is 0 Å². The highest BCUT2D eigenvalue weighted by Gasteiger charge is 2.36. The number of amides is 2. The molecule has 1 saturated carbocycles. The quantitative estimate of drug-likeness (QED) is 0.691. The molecule has 1 atom stereocenters. The lowest BCUT2D eigenvalue weighted by Gasteiger charge is -2.35. The van der Waals surface area contributed by atoms with Gasteiger partial charge in [0.2, 0.25) is 5.91 Å². The minimum atomic E-state index is -0.848. The van der Waals surface area contributed by atoms with Gasteiger partial charge in [-0.25, -0.2) is 0 Å². The fraction of sp³-hybridized carbons (Fsp3) is 0.609. The maximum Gasteiger partial charge on any atom is 0.308 e. The summed E-state index contributed by atoms with van der Waals surface area (Å²) in [6, 6.07) is 6.06. The van der Waals surface area contributed by atoms with E-state index in [1.54, 1.807) is 24.3 Å². The Hall–Kier alpha value is -2.57. The van der Waals surface area contributed by atoms with Crippen LogP contribution in [0.2, 0.25) is 0 Å². The molecule has 1 aromatic carbocycles. The molecule has 1 aliphatic heterocycles. The standard InChI is InChI=1S/C23H32N2O5/c1-16(2)15-29-18-10-8-17(9-11-18)23(28)25-13-12-24-22(27)20(25)14-21(26)30-19-6-4-3-5-7-19/h8-11,16,19-20H,3-7,12-15H2,1-2H3,(H,24,27). The van der Waals surface area contributed by atoms with Gasteiger partial charge >= 0.3 is 5.97 Å². The highest BCUT2D eigenvalue weighted by molar-refractivity contribution is 5.99. The maximum absolute atomic E-state index is 13.1. The van der Waals surface area contributed by atoms with Gasteiger partial charge in [-0.15, -0.1) is 0 Å². The van der Waals surface area contributed by atoms with Crippen LogP contribution in [0, 0.1) is 5.92 Å². The lowest BCUT2D eigenvalue weighted by molar-refractivity contribution is -0.153. The molecule has 0 bridgehead atoms. The van der Waals surface area contributed by atoms with E-state index in [1.807, 2.05) is 0 Å². The molecular weight excluding hydrogens is 384 g/mol. The van der Waals surface area contributed by atoms with E-state index in [0.29, 0.717) is 36.9 Å². The fourth-order valence-corrected chi connectivity index (χ4v) is 3.86. The lowest BCUT2D eigenvalue weighted by atomic mass is 9.98. The number of benzene rings is 1. The van der Waals surface area contributed by atoms with E-state index in [9.17, 15) is 14.4 Å². The van der Waals surface area contributed by atoms with Crippen LogP contribution in [-0.2, 0) is 14.3 Å². The number of hydrogen-bond donors (Lipinski definition) is 1. The van der Waals surface area contributed by atoms with Crippen molar-refractivity contribution in [2.24, 2.45) is 5.92 Å².